The van der Waals surface area contributed by atoms with E-state index in [4.69, 9.17) is 15.7 Å². The molecule has 1 saturated carbocycles. The average molecular weight is 295 g/mol. The molecular weight excluding hydrogens is 273 g/mol. The summed E-state index contributed by atoms with van der Waals surface area (Å²) in [5, 5.41) is 14.9. The van der Waals surface area contributed by atoms with Gasteiger partial charge in [-0.15, -0.1) is 0 Å². The second-order valence-corrected chi connectivity index (χ2v) is 5.24. The Bertz CT molecular complexity index is 488. The lowest BCUT2D eigenvalue weighted by Crippen LogP contribution is -2.24. The first-order valence-corrected chi connectivity index (χ1v) is 7.29. The van der Waals surface area contributed by atoms with E-state index in [1.165, 1.54) is 25.0 Å². The van der Waals surface area contributed by atoms with E-state index in [9.17, 15) is 4.39 Å². The molecule has 1 aromatic rings. The highest BCUT2D eigenvalue weighted by atomic mass is 19.1. The van der Waals surface area contributed by atoms with Crippen LogP contribution in [0.4, 0.5) is 4.39 Å². The maximum absolute atomic E-state index is 13.2. The molecule has 0 aromatic heterocycles. The van der Waals surface area contributed by atoms with Gasteiger partial charge in [-0.05, 0) is 30.5 Å². The molecule has 1 aliphatic rings. The fourth-order valence-electron chi connectivity index (χ4n) is 2.57. The van der Waals surface area contributed by atoms with Crippen LogP contribution in [-0.4, -0.2) is 30.3 Å². The molecule has 0 amide bonds. The van der Waals surface area contributed by atoms with Crippen LogP contribution in [-0.2, 0) is 11.3 Å². The Balaban J connectivity index is 1.79. The number of oxime groups is 1. The summed E-state index contributed by atoms with van der Waals surface area (Å²) in [6, 6.07) is 4.26. The van der Waals surface area contributed by atoms with Gasteiger partial charge < -0.3 is 21.0 Å². The number of rotatable bonds is 7. The molecule has 0 spiro atoms. The van der Waals surface area contributed by atoms with Crippen LogP contribution in [0.2, 0.25) is 0 Å². The Labute approximate surface area is 124 Å². The van der Waals surface area contributed by atoms with Crippen molar-refractivity contribution in [2.45, 2.75) is 38.3 Å². The van der Waals surface area contributed by atoms with E-state index in [1.54, 1.807) is 6.07 Å². The van der Waals surface area contributed by atoms with Crippen LogP contribution < -0.4 is 11.1 Å². The highest BCUT2D eigenvalue weighted by Crippen LogP contribution is 2.20. The molecule has 0 radical (unpaired) electrons. The fourth-order valence-corrected chi connectivity index (χ4v) is 2.57. The van der Waals surface area contributed by atoms with E-state index < -0.39 is 5.82 Å². The molecule has 21 heavy (non-hydrogen) atoms. The van der Waals surface area contributed by atoms with Gasteiger partial charge in [-0.3, -0.25) is 0 Å². The molecule has 1 fully saturated rings. The summed E-state index contributed by atoms with van der Waals surface area (Å²) in [4.78, 5) is 0. The lowest BCUT2D eigenvalue weighted by atomic mass is 10.1. The molecule has 0 aliphatic heterocycles. The monoisotopic (exact) mass is 295 g/mol. The van der Waals surface area contributed by atoms with Crippen LogP contribution in [0.3, 0.4) is 0 Å². The standard InChI is InChI=1S/C15H22FN3O2/c16-12-6-5-11(14(9-12)15(17)19-20)10-18-7-8-21-13-3-1-2-4-13/h5-6,9,13,18,20H,1-4,7-8,10H2,(H2,17,19). The predicted octanol–water partition coefficient (Wildman–Crippen LogP) is 1.97. The third-order valence-electron chi connectivity index (χ3n) is 3.71. The minimum Gasteiger partial charge on any atom is -0.409 e. The third-order valence-corrected chi connectivity index (χ3v) is 3.71. The largest absolute Gasteiger partial charge is 0.409 e. The molecule has 5 nitrogen and oxygen atoms in total. The van der Waals surface area contributed by atoms with Crippen LogP contribution in [0.15, 0.2) is 23.4 Å². The number of benzene rings is 1. The maximum Gasteiger partial charge on any atom is 0.170 e. The zero-order valence-electron chi connectivity index (χ0n) is 12.0. The molecule has 0 saturated heterocycles. The summed E-state index contributed by atoms with van der Waals surface area (Å²) in [5.41, 5.74) is 6.75. The minimum atomic E-state index is -0.412. The Morgan fingerprint density at radius 2 is 2.19 bits per heavy atom. The van der Waals surface area contributed by atoms with Crippen LogP contribution in [0.25, 0.3) is 0 Å². The SMILES string of the molecule is NC(=NO)c1cc(F)ccc1CNCCOC1CCCC1. The highest BCUT2D eigenvalue weighted by Gasteiger charge is 2.14. The van der Waals surface area contributed by atoms with Crippen molar-refractivity contribution in [1.82, 2.24) is 5.32 Å². The molecule has 0 unspecified atom stereocenters. The lowest BCUT2D eigenvalue weighted by molar-refractivity contribution is 0.0602. The van der Waals surface area contributed by atoms with Gasteiger partial charge in [0.05, 0.1) is 12.7 Å². The van der Waals surface area contributed by atoms with Crippen LogP contribution in [0.5, 0.6) is 0 Å². The molecule has 0 bridgehead atoms. The van der Waals surface area contributed by atoms with Crippen molar-refractivity contribution in [3.05, 3.63) is 35.1 Å². The van der Waals surface area contributed by atoms with Gasteiger partial charge in [-0.2, -0.15) is 0 Å². The van der Waals surface area contributed by atoms with Crippen LogP contribution in [0, 0.1) is 5.82 Å². The quantitative estimate of drug-likeness (QED) is 0.236. The normalized spacial score (nSPS) is 16.5. The molecule has 2 rings (SSSR count). The van der Waals surface area contributed by atoms with Gasteiger partial charge >= 0.3 is 0 Å². The molecule has 0 atom stereocenters. The zero-order valence-corrected chi connectivity index (χ0v) is 12.0. The smallest absolute Gasteiger partial charge is 0.170 e. The van der Waals surface area contributed by atoms with E-state index in [-0.39, 0.29) is 5.84 Å². The van der Waals surface area contributed by atoms with Gasteiger partial charge in [-0.1, -0.05) is 24.1 Å². The van der Waals surface area contributed by atoms with E-state index in [0.29, 0.717) is 31.4 Å². The molecule has 0 heterocycles. The maximum atomic E-state index is 13.2. The lowest BCUT2D eigenvalue weighted by Gasteiger charge is -2.13. The Morgan fingerprint density at radius 1 is 1.43 bits per heavy atom. The summed E-state index contributed by atoms with van der Waals surface area (Å²) < 4.78 is 19.0. The summed E-state index contributed by atoms with van der Waals surface area (Å²) in [7, 11) is 0. The van der Waals surface area contributed by atoms with Gasteiger partial charge in [0.2, 0.25) is 0 Å². The Hall–Kier alpha value is -1.66. The number of nitrogens with one attached hydrogen (secondary N) is 1. The summed E-state index contributed by atoms with van der Waals surface area (Å²) >= 11 is 0. The van der Waals surface area contributed by atoms with Gasteiger partial charge in [-0.25, -0.2) is 4.39 Å². The number of ether oxygens (including phenoxy) is 1. The third kappa shape index (κ3) is 4.68. The van der Waals surface area contributed by atoms with Crippen molar-refractivity contribution in [3.63, 3.8) is 0 Å². The summed E-state index contributed by atoms with van der Waals surface area (Å²) in [6.07, 6.45) is 5.25. The van der Waals surface area contributed by atoms with Gasteiger partial charge in [0.25, 0.3) is 0 Å². The first-order chi connectivity index (χ1) is 10.2. The van der Waals surface area contributed by atoms with Gasteiger partial charge in [0.1, 0.15) is 5.82 Å². The molecule has 1 aromatic carbocycles. The number of hydrogen-bond donors (Lipinski definition) is 3. The summed E-state index contributed by atoms with van der Waals surface area (Å²) in [6.45, 7) is 1.88. The van der Waals surface area contributed by atoms with Gasteiger partial charge in [0, 0.05) is 18.7 Å². The average Bonchev–Trinajstić information content (AvgIpc) is 3.00. The van der Waals surface area contributed by atoms with Crippen molar-refractivity contribution < 1.29 is 14.3 Å². The number of halogens is 1. The van der Waals surface area contributed by atoms with Crippen molar-refractivity contribution in [1.29, 1.82) is 0 Å². The Morgan fingerprint density at radius 3 is 2.90 bits per heavy atom. The van der Waals surface area contributed by atoms with E-state index in [2.05, 4.69) is 10.5 Å². The fraction of sp³-hybridized carbons (Fsp3) is 0.533. The summed E-state index contributed by atoms with van der Waals surface area (Å²) in [5.74, 6) is -0.501. The number of hydrogen-bond acceptors (Lipinski definition) is 4. The first kappa shape index (κ1) is 15.7. The van der Waals surface area contributed by atoms with Crippen molar-refractivity contribution >= 4 is 5.84 Å². The molecule has 6 heteroatoms. The van der Waals surface area contributed by atoms with Crippen molar-refractivity contribution in [2.75, 3.05) is 13.2 Å². The van der Waals surface area contributed by atoms with E-state index >= 15 is 0 Å². The number of nitrogens with two attached hydrogens (primary N) is 1. The molecule has 116 valence electrons. The highest BCUT2D eigenvalue weighted by molar-refractivity contribution is 5.98. The molecular formula is C15H22FN3O2. The molecule has 1 aliphatic carbocycles. The Kier molecular flexibility index (Phi) is 5.95. The van der Waals surface area contributed by atoms with Crippen LogP contribution in [0.1, 0.15) is 36.8 Å². The van der Waals surface area contributed by atoms with Gasteiger partial charge in [0.15, 0.2) is 5.84 Å². The molecule has 4 N–H and O–H groups in total. The first-order valence-electron chi connectivity index (χ1n) is 7.29. The van der Waals surface area contributed by atoms with E-state index in [1.807, 2.05) is 0 Å². The second-order valence-electron chi connectivity index (χ2n) is 5.24. The van der Waals surface area contributed by atoms with E-state index in [0.717, 1.165) is 18.4 Å². The second kappa shape index (κ2) is 7.95. The van der Waals surface area contributed by atoms with Crippen molar-refractivity contribution in [2.24, 2.45) is 10.9 Å². The predicted molar refractivity (Wildman–Crippen MR) is 78.8 cm³/mol. The topological polar surface area (TPSA) is 79.9 Å². The minimum absolute atomic E-state index is 0.0893. The number of amidine groups is 1. The van der Waals surface area contributed by atoms with Crippen LogP contribution >= 0.6 is 0 Å². The van der Waals surface area contributed by atoms with Crippen molar-refractivity contribution in [3.8, 4) is 0 Å². The zero-order chi connectivity index (χ0) is 15.1. The number of nitrogens with zero attached hydrogens (tertiary/aromatic N) is 1.